The normalized spacial score (nSPS) is 31.3. The number of hydrogen-bond acceptors (Lipinski definition) is 4. The van der Waals surface area contributed by atoms with Gasteiger partial charge < -0.3 is 18.9 Å². The Balaban J connectivity index is 0.000000148. The zero-order valence-corrected chi connectivity index (χ0v) is 61.8. The average Bonchev–Trinajstić information content (AvgIpc) is 0.973. The van der Waals surface area contributed by atoms with E-state index in [0.29, 0.717) is 0 Å². The van der Waals surface area contributed by atoms with Gasteiger partial charge in [-0.1, -0.05) is 192 Å². The molecule has 0 aromatic heterocycles. The van der Waals surface area contributed by atoms with Crippen LogP contribution in [0.25, 0.3) is 0 Å². The smallest absolute Gasteiger partial charge is 0.118 e. The van der Waals surface area contributed by atoms with Crippen molar-refractivity contribution in [3.63, 3.8) is 0 Å². The first-order valence-electron chi connectivity index (χ1n) is 40.7. The maximum atomic E-state index is 5.29. The van der Waals surface area contributed by atoms with E-state index in [1.54, 1.807) is 28.4 Å². The predicted octanol–water partition coefficient (Wildman–Crippen LogP) is 27.1. The number of benzene rings is 4. The van der Waals surface area contributed by atoms with E-state index in [4.69, 9.17) is 18.9 Å². The van der Waals surface area contributed by atoms with Crippen molar-refractivity contribution in [2.45, 2.75) is 321 Å². The highest BCUT2D eigenvalue weighted by molar-refractivity contribution is 5.32. The van der Waals surface area contributed by atoms with Crippen molar-refractivity contribution in [2.24, 2.45) is 71.0 Å². The summed E-state index contributed by atoms with van der Waals surface area (Å²) >= 11 is 0. The van der Waals surface area contributed by atoms with Crippen molar-refractivity contribution < 1.29 is 18.9 Å². The summed E-state index contributed by atoms with van der Waals surface area (Å²) in [5, 5.41) is 0. The van der Waals surface area contributed by atoms with E-state index in [-0.39, 0.29) is 0 Å². The van der Waals surface area contributed by atoms with E-state index < -0.39 is 0 Å². The minimum atomic E-state index is 0.785. The van der Waals surface area contributed by atoms with Gasteiger partial charge in [0.1, 0.15) is 23.0 Å². The molecular weight excluding hydrogens is 1140 g/mol. The van der Waals surface area contributed by atoms with Crippen molar-refractivity contribution in [1.29, 1.82) is 0 Å². The lowest BCUT2D eigenvalue weighted by Crippen LogP contribution is -2.25. The molecule has 0 heterocycles. The van der Waals surface area contributed by atoms with Gasteiger partial charge in [-0.05, 0) is 320 Å². The number of ether oxygens (including phenoxy) is 4. The van der Waals surface area contributed by atoms with Gasteiger partial charge in [-0.15, -0.1) is 0 Å². The fraction of sp³-hybridized carbons (Fsp3) is 0.733. The van der Waals surface area contributed by atoms with Crippen LogP contribution in [0.4, 0.5) is 0 Å². The first kappa shape index (κ1) is 74.3. The first-order chi connectivity index (χ1) is 46.2. The lowest BCUT2D eigenvalue weighted by molar-refractivity contribution is 0.155. The van der Waals surface area contributed by atoms with Crippen LogP contribution in [0.1, 0.15) is 343 Å². The number of rotatable bonds is 22. The van der Waals surface area contributed by atoms with Crippen molar-refractivity contribution in [2.75, 3.05) is 28.4 Å². The molecule has 8 aliphatic carbocycles. The van der Waals surface area contributed by atoms with E-state index in [9.17, 15) is 0 Å². The first-order valence-corrected chi connectivity index (χ1v) is 40.7. The van der Waals surface area contributed by atoms with Gasteiger partial charge in [0.2, 0.25) is 0 Å². The standard InChI is InChI=1S/C24H38O.C23H36O.C22H34O.C21H32O/c1-3-4-5-6-19-7-9-20(10-8-19)21-11-13-22(14-12-21)23-15-17-24(25-2)18-16-23;1-3-4-5-18-6-8-19(9-7-18)20-10-12-21(13-11-20)22-14-16-23(24-2)17-15-22;1-3-4-17-5-7-18(8-6-17)19-9-11-20(12-10-19)21-13-15-22(23-2)16-14-21;1-3-16-4-6-17(7-5-16)18-8-10-19(11-9-18)20-12-14-21(22-2)15-13-20/h15-22H,3-14H2,1-2H3;14-21H,3-13H2,1-2H3;13-20H,3-12H2,1-2H3;12-19H,3-11H2,1-2H3. The van der Waals surface area contributed by atoms with Gasteiger partial charge in [-0.2, -0.15) is 0 Å². The van der Waals surface area contributed by atoms with Gasteiger partial charge in [-0.3, -0.25) is 0 Å². The second-order valence-corrected chi connectivity index (χ2v) is 32.5. The molecule has 4 aromatic rings. The second kappa shape index (κ2) is 40.8. The molecule has 524 valence electrons. The molecule has 8 saturated carbocycles. The van der Waals surface area contributed by atoms with Crippen molar-refractivity contribution in [3.8, 4) is 23.0 Å². The molecule has 0 atom stereocenters. The summed E-state index contributed by atoms with van der Waals surface area (Å²) in [4.78, 5) is 0. The third-order valence-corrected chi connectivity index (χ3v) is 27.1. The van der Waals surface area contributed by atoms with Gasteiger partial charge >= 0.3 is 0 Å². The maximum Gasteiger partial charge on any atom is 0.118 e. The number of unbranched alkanes of at least 4 members (excludes halogenated alkanes) is 3. The van der Waals surface area contributed by atoms with E-state index in [0.717, 1.165) is 118 Å². The Hall–Kier alpha value is -3.92. The fourth-order valence-corrected chi connectivity index (χ4v) is 20.7. The van der Waals surface area contributed by atoms with Gasteiger partial charge in [0.25, 0.3) is 0 Å². The lowest BCUT2D eigenvalue weighted by Gasteiger charge is -2.38. The molecule has 0 aliphatic heterocycles. The summed E-state index contributed by atoms with van der Waals surface area (Å²) < 4.78 is 21.1. The van der Waals surface area contributed by atoms with Gasteiger partial charge in [0, 0.05) is 0 Å². The Morgan fingerprint density at radius 1 is 0.223 bits per heavy atom. The van der Waals surface area contributed by atoms with Crippen LogP contribution in [-0.2, 0) is 0 Å². The Labute approximate surface area is 578 Å². The second-order valence-electron chi connectivity index (χ2n) is 32.5. The minimum Gasteiger partial charge on any atom is -0.497 e. The van der Waals surface area contributed by atoms with Gasteiger partial charge in [0.15, 0.2) is 0 Å². The molecule has 4 aromatic carbocycles. The highest BCUT2D eigenvalue weighted by atomic mass is 16.5. The molecule has 0 amide bonds. The quantitative estimate of drug-likeness (QED) is 0.0735. The molecule has 4 nitrogen and oxygen atoms in total. The third kappa shape index (κ3) is 23.1. The van der Waals surface area contributed by atoms with Crippen LogP contribution in [-0.4, -0.2) is 28.4 Å². The Morgan fingerprint density at radius 2 is 0.436 bits per heavy atom. The van der Waals surface area contributed by atoms with Gasteiger partial charge in [0.05, 0.1) is 28.4 Å². The Kier molecular flexibility index (Phi) is 32.3. The summed E-state index contributed by atoms with van der Waals surface area (Å²) in [5.74, 6) is 19.5. The zero-order valence-electron chi connectivity index (χ0n) is 61.8. The molecule has 0 bridgehead atoms. The van der Waals surface area contributed by atoms with Crippen LogP contribution in [0.5, 0.6) is 23.0 Å². The molecule has 0 spiro atoms. The Bertz CT molecular complexity index is 2540. The lowest BCUT2D eigenvalue weighted by atomic mass is 9.68. The van der Waals surface area contributed by atoms with E-state index in [1.807, 2.05) is 0 Å². The highest BCUT2D eigenvalue weighted by Gasteiger charge is 2.35. The molecule has 8 fully saturated rings. The fourth-order valence-electron chi connectivity index (χ4n) is 20.7. The average molecular weight is 1290 g/mol. The number of hydrogen-bond donors (Lipinski definition) is 0. The van der Waals surface area contributed by atoms with Gasteiger partial charge in [-0.25, -0.2) is 0 Å². The summed E-state index contributed by atoms with van der Waals surface area (Å²) in [6.07, 6.45) is 61.4. The van der Waals surface area contributed by atoms with Crippen LogP contribution in [0, 0.1) is 71.0 Å². The third-order valence-electron chi connectivity index (χ3n) is 27.1. The summed E-state index contributed by atoms with van der Waals surface area (Å²) in [6.45, 7) is 9.35. The largest absolute Gasteiger partial charge is 0.497 e. The molecule has 0 N–H and O–H groups in total. The van der Waals surface area contributed by atoms with Crippen LogP contribution in [0.3, 0.4) is 0 Å². The van der Waals surface area contributed by atoms with Crippen molar-refractivity contribution in [1.82, 2.24) is 0 Å². The molecule has 0 radical (unpaired) electrons. The molecule has 8 aliphatic rings. The van der Waals surface area contributed by atoms with Crippen LogP contribution in [0.15, 0.2) is 97.1 Å². The molecule has 94 heavy (non-hydrogen) atoms. The predicted molar refractivity (Wildman–Crippen MR) is 401 cm³/mol. The van der Waals surface area contributed by atoms with Crippen LogP contribution >= 0.6 is 0 Å². The molecule has 4 heteroatoms. The Morgan fingerprint density at radius 3 is 0.649 bits per heavy atom. The molecule has 0 saturated heterocycles. The highest BCUT2D eigenvalue weighted by Crippen LogP contribution is 2.49. The minimum absolute atomic E-state index is 0.785. The summed E-state index contributed by atoms with van der Waals surface area (Å²) in [6, 6.07) is 35.2. The monoisotopic (exact) mass is 1290 g/mol. The van der Waals surface area contributed by atoms with Crippen LogP contribution in [0.2, 0.25) is 0 Å². The van der Waals surface area contributed by atoms with E-state index >= 15 is 0 Å². The zero-order chi connectivity index (χ0) is 65.7. The number of methoxy groups -OCH3 is 4. The molecule has 12 rings (SSSR count). The SMILES string of the molecule is CCC1CCC(C2CCC(c3ccc(OC)cc3)CC2)CC1.CCCC1CCC(C2CCC(c3ccc(OC)cc3)CC2)CC1.CCCCC1CCC(C2CCC(c3ccc(OC)cc3)CC2)CC1.CCCCCC1CCC(C2CCC(c3ccc(OC)cc3)CC2)CC1. The van der Waals surface area contributed by atoms with Crippen molar-refractivity contribution >= 4 is 0 Å². The van der Waals surface area contributed by atoms with E-state index in [2.05, 4.69) is 125 Å². The topological polar surface area (TPSA) is 36.9 Å². The maximum absolute atomic E-state index is 5.29. The summed E-state index contributed by atoms with van der Waals surface area (Å²) in [7, 11) is 6.98. The van der Waals surface area contributed by atoms with Crippen molar-refractivity contribution in [3.05, 3.63) is 119 Å². The summed E-state index contributed by atoms with van der Waals surface area (Å²) in [5.41, 5.74) is 6.10. The van der Waals surface area contributed by atoms with Crippen LogP contribution < -0.4 is 18.9 Å². The molecular formula is C90H140O4. The van der Waals surface area contributed by atoms with E-state index in [1.165, 1.54) is 292 Å². The molecule has 0 unspecified atom stereocenters.